The zero-order valence-corrected chi connectivity index (χ0v) is 12.8. The molecule has 5 rings (SSSR count). The third-order valence-electron chi connectivity index (χ3n) is 4.48. The quantitative estimate of drug-likeness (QED) is 0.629. The Balaban J connectivity index is 1.73. The Morgan fingerprint density at radius 3 is 3.09 bits per heavy atom. The van der Waals surface area contributed by atoms with Crippen molar-refractivity contribution in [3.63, 3.8) is 0 Å². The zero-order chi connectivity index (χ0) is 14.9. The van der Waals surface area contributed by atoms with Gasteiger partial charge in [-0.2, -0.15) is 5.10 Å². The van der Waals surface area contributed by atoms with Gasteiger partial charge in [-0.25, -0.2) is 9.66 Å². The highest BCUT2D eigenvalue weighted by molar-refractivity contribution is 7.22. The molecule has 8 heteroatoms. The summed E-state index contributed by atoms with van der Waals surface area (Å²) in [7, 11) is 0. The second kappa shape index (κ2) is 3.96. The molecule has 0 aromatic carbocycles. The second-order valence-electron chi connectivity index (χ2n) is 5.86. The highest BCUT2D eigenvalue weighted by atomic mass is 32.1. The van der Waals surface area contributed by atoms with Crippen molar-refractivity contribution in [1.82, 2.24) is 25.2 Å². The molecule has 3 aromatic heterocycles. The molecule has 112 valence electrons. The highest BCUT2D eigenvalue weighted by Gasteiger charge is 2.47. The molecule has 0 aliphatic carbocycles. The first-order chi connectivity index (χ1) is 10.7. The molecule has 0 bridgehead atoms. The van der Waals surface area contributed by atoms with Crippen molar-refractivity contribution in [3.05, 3.63) is 34.1 Å². The Labute approximate surface area is 129 Å². The van der Waals surface area contributed by atoms with E-state index in [2.05, 4.69) is 20.9 Å². The number of H-pyrrole nitrogens is 1. The van der Waals surface area contributed by atoms with Gasteiger partial charge in [-0.1, -0.05) is 0 Å². The van der Waals surface area contributed by atoms with Crippen molar-refractivity contribution in [1.29, 1.82) is 0 Å². The first-order valence-electron chi connectivity index (χ1n) is 7.29. The van der Waals surface area contributed by atoms with E-state index in [1.54, 1.807) is 10.9 Å². The number of fused-ring (bicyclic) bond motifs is 3. The van der Waals surface area contributed by atoms with Crippen LogP contribution in [0.4, 0.5) is 0 Å². The van der Waals surface area contributed by atoms with E-state index in [0.717, 1.165) is 46.9 Å². The number of nitrogens with zero attached hydrogens (tertiary/aromatic N) is 3. The van der Waals surface area contributed by atoms with Gasteiger partial charge in [0.25, 0.3) is 5.56 Å². The van der Waals surface area contributed by atoms with Gasteiger partial charge in [-0.3, -0.25) is 20.6 Å². The summed E-state index contributed by atoms with van der Waals surface area (Å²) in [6, 6.07) is 1.99. The molecule has 1 unspecified atom stereocenters. The maximum absolute atomic E-state index is 12.6. The molecule has 2 aliphatic rings. The van der Waals surface area contributed by atoms with Crippen LogP contribution < -0.4 is 16.3 Å². The topological polar surface area (TPSA) is 87.6 Å². The molecule has 7 nitrogen and oxygen atoms in total. The third-order valence-corrected chi connectivity index (χ3v) is 5.63. The molecule has 3 N–H and O–H groups in total. The van der Waals surface area contributed by atoms with Gasteiger partial charge in [-0.05, 0) is 32.4 Å². The van der Waals surface area contributed by atoms with E-state index >= 15 is 0 Å². The van der Waals surface area contributed by atoms with Gasteiger partial charge in [-0.15, -0.1) is 11.3 Å². The first-order valence-corrected chi connectivity index (χ1v) is 8.10. The number of aromatic nitrogens is 4. The fourth-order valence-corrected chi connectivity index (χ4v) is 4.41. The average molecular weight is 314 g/mol. The Morgan fingerprint density at radius 2 is 2.36 bits per heavy atom. The molecule has 0 saturated carbocycles. The summed E-state index contributed by atoms with van der Waals surface area (Å²) in [6.07, 6.45) is 3.84. The molecule has 0 amide bonds. The largest absolute Gasteiger partial charge is 0.294 e. The predicted octanol–water partition coefficient (Wildman–Crippen LogP) is 1.25. The van der Waals surface area contributed by atoms with Gasteiger partial charge in [0.15, 0.2) is 11.5 Å². The maximum Gasteiger partial charge on any atom is 0.290 e. The smallest absolute Gasteiger partial charge is 0.290 e. The summed E-state index contributed by atoms with van der Waals surface area (Å²) < 4.78 is 2.25. The van der Waals surface area contributed by atoms with Crippen molar-refractivity contribution in [3.8, 4) is 10.4 Å². The summed E-state index contributed by atoms with van der Waals surface area (Å²) in [5.74, 6) is 0.802. The standard InChI is InChI=1S/C14H14N6OS/c1-7-8(6-16-18-7)10-5-9-11(22-10)12(21)20-13(17-9)14(19-20)3-2-4-15-14/h5-6,15,19H,2-4H2,1H3,(H,16,18). The lowest BCUT2D eigenvalue weighted by Crippen LogP contribution is -2.63. The number of rotatable bonds is 1. The van der Waals surface area contributed by atoms with Crippen molar-refractivity contribution in [2.75, 3.05) is 12.0 Å². The molecule has 3 aromatic rings. The summed E-state index contributed by atoms with van der Waals surface area (Å²) >= 11 is 1.47. The molecule has 2 aliphatic heterocycles. The van der Waals surface area contributed by atoms with E-state index in [0.29, 0.717) is 4.70 Å². The SMILES string of the molecule is Cc1[nH]ncc1-c1cc2nc3n(c(=O)c2s1)NC31CCCN1. The Hall–Kier alpha value is -2.19. The van der Waals surface area contributed by atoms with Crippen molar-refractivity contribution in [2.24, 2.45) is 0 Å². The molecule has 1 spiro atoms. The second-order valence-corrected chi connectivity index (χ2v) is 6.91. The summed E-state index contributed by atoms with van der Waals surface area (Å²) in [6.45, 7) is 2.92. The van der Waals surface area contributed by atoms with Gasteiger partial charge in [0.1, 0.15) is 4.70 Å². The van der Waals surface area contributed by atoms with Crippen LogP contribution in [0.25, 0.3) is 20.7 Å². The highest BCUT2D eigenvalue weighted by Crippen LogP contribution is 2.37. The number of aryl methyl sites for hydroxylation is 1. The Morgan fingerprint density at radius 1 is 1.45 bits per heavy atom. The number of nitrogens with one attached hydrogen (secondary N) is 3. The van der Waals surface area contributed by atoms with Crippen molar-refractivity contribution < 1.29 is 0 Å². The fraction of sp³-hybridized carbons (Fsp3) is 0.357. The van der Waals surface area contributed by atoms with Crippen LogP contribution in [0.2, 0.25) is 0 Å². The zero-order valence-electron chi connectivity index (χ0n) is 11.9. The minimum Gasteiger partial charge on any atom is -0.294 e. The number of aromatic amines is 1. The van der Waals surface area contributed by atoms with Gasteiger partial charge in [0.05, 0.1) is 11.7 Å². The van der Waals surface area contributed by atoms with Crippen LogP contribution in [-0.2, 0) is 5.66 Å². The first kappa shape index (κ1) is 12.4. The molecule has 22 heavy (non-hydrogen) atoms. The average Bonchev–Trinajstić information content (AvgIpc) is 3.20. The summed E-state index contributed by atoms with van der Waals surface area (Å²) in [4.78, 5) is 18.4. The molecule has 0 radical (unpaired) electrons. The van der Waals surface area contributed by atoms with Crippen LogP contribution in [0.1, 0.15) is 24.4 Å². The minimum atomic E-state index is -0.305. The molecule has 1 atom stereocenters. The van der Waals surface area contributed by atoms with Crippen LogP contribution in [0, 0.1) is 6.92 Å². The van der Waals surface area contributed by atoms with Crippen LogP contribution >= 0.6 is 11.3 Å². The van der Waals surface area contributed by atoms with E-state index in [1.165, 1.54) is 11.3 Å². The molecule has 1 saturated heterocycles. The van der Waals surface area contributed by atoms with Crippen LogP contribution in [-0.4, -0.2) is 26.4 Å². The lowest BCUT2D eigenvalue weighted by atomic mass is 10.0. The fourth-order valence-electron chi connectivity index (χ4n) is 3.32. The van der Waals surface area contributed by atoms with Crippen LogP contribution in [0.3, 0.4) is 0 Å². The molecular formula is C14H14N6OS. The monoisotopic (exact) mass is 314 g/mol. The number of hydrogen-bond acceptors (Lipinski definition) is 6. The van der Waals surface area contributed by atoms with Crippen LogP contribution in [0.15, 0.2) is 17.1 Å². The van der Waals surface area contributed by atoms with E-state index in [-0.39, 0.29) is 11.2 Å². The van der Waals surface area contributed by atoms with Crippen molar-refractivity contribution in [2.45, 2.75) is 25.4 Å². The molecule has 5 heterocycles. The number of hydrogen-bond donors (Lipinski definition) is 3. The van der Waals surface area contributed by atoms with Crippen molar-refractivity contribution >= 4 is 21.6 Å². The van der Waals surface area contributed by atoms with Gasteiger partial charge in [0.2, 0.25) is 0 Å². The van der Waals surface area contributed by atoms with Gasteiger partial charge < -0.3 is 0 Å². The predicted molar refractivity (Wildman–Crippen MR) is 84.5 cm³/mol. The van der Waals surface area contributed by atoms with E-state index < -0.39 is 0 Å². The van der Waals surface area contributed by atoms with Gasteiger partial charge >= 0.3 is 0 Å². The van der Waals surface area contributed by atoms with E-state index in [4.69, 9.17) is 4.98 Å². The van der Waals surface area contributed by atoms with Gasteiger partial charge in [0, 0.05) is 16.1 Å². The summed E-state index contributed by atoms with van der Waals surface area (Å²) in [5.41, 5.74) is 5.70. The van der Waals surface area contributed by atoms with E-state index in [9.17, 15) is 4.79 Å². The number of thiophene rings is 1. The molecule has 1 fully saturated rings. The lowest BCUT2D eigenvalue weighted by Gasteiger charge is -2.42. The Bertz CT molecular complexity index is 962. The summed E-state index contributed by atoms with van der Waals surface area (Å²) in [5, 5.41) is 10.4. The third kappa shape index (κ3) is 1.41. The van der Waals surface area contributed by atoms with Crippen LogP contribution in [0.5, 0.6) is 0 Å². The maximum atomic E-state index is 12.6. The normalized spacial score (nSPS) is 22.8. The van der Waals surface area contributed by atoms with E-state index in [1.807, 2.05) is 13.0 Å². The molecular weight excluding hydrogens is 300 g/mol. The minimum absolute atomic E-state index is 0.0169. The Kier molecular flexibility index (Phi) is 2.23. The lowest BCUT2D eigenvalue weighted by molar-refractivity contribution is 0.288.